The number of hydrogen-bond donors (Lipinski definition) is 0. The van der Waals surface area contributed by atoms with Crippen molar-refractivity contribution in [1.82, 2.24) is 4.57 Å². The first-order valence-electron chi connectivity index (χ1n) is 13.5. The number of thiazole rings is 1. The number of halogens is 2. The molecule has 1 atom stereocenters. The molecule has 1 aliphatic rings. The molecule has 0 amide bonds. The lowest BCUT2D eigenvalue weighted by atomic mass is 9.97. The highest BCUT2D eigenvalue weighted by molar-refractivity contribution is 7.07. The van der Waals surface area contributed by atoms with Gasteiger partial charge in [0.2, 0.25) is 0 Å². The van der Waals surface area contributed by atoms with Crippen LogP contribution in [0.2, 0.25) is 5.02 Å². The smallest absolute Gasteiger partial charge is 0.337 e. The van der Waals surface area contributed by atoms with E-state index in [0.29, 0.717) is 61.5 Å². The van der Waals surface area contributed by atoms with Crippen molar-refractivity contribution in [2.24, 2.45) is 4.99 Å². The van der Waals surface area contributed by atoms with Crippen molar-refractivity contribution < 1.29 is 28.1 Å². The first-order valence-corrected chi connectivity index (χ1v) is 14.7. The van der Waals surface area contributed by atoms with Gasteiger partial charge in [-0.15, -0.1) is 0 Å². The molecule has 0 radical (unpaired) electrons. The minimum Gasteiger partial charge on any atom is -0.490 e. The molecular formula is C32H28ClFN2O6S. The zero-order chi connectivity index (χ0) is 30.5. The largest absolute Gasteiger partial charge is 0.490 e. The van der Waals surface area contributed by atoms with E-state index in [9.17, 15) is 14.0 Å². The Morgan fingerprint density at radius 2 is 1.77 bits per heavy atom. The molecule has 0 saturated carbocycles. The highest BCUT2D eigenvalue weighted by Gasteiger charge is 2.31. The van der Waals surface area contributed by atoms with Crippen LogP contribution in [-0.4, -0.2) is 30.9 Å². The molecule has 0 unspecified atom stereocenters. The van der Waals surface area contributed by atoms with Crippen LogP contribution in [0.15, 0.2) is 82.2 Å². The van der Waals surface area contributed by atoms with Crippen LogP contribution in [0.5, 0.6) is 17.2 Å². The van der Waals surface area contributed by atoms with E-state index in [0.717, 1.165) is 11.3 Å². The van der Waals surface area contributed by atoms with Gasteiger partial charge in [0.1, 0.15) is 18.2 Å². The van der Waals surface area contributed by atoms with Gasteiger partial charge in [-0.05, 0) is 61.9 Å². The minimum absolute atomic E-state index is 0.0151. The molecule has 0 aliphatic carbocycles. The van der Waals surface area contributed by atoms with Crippen molar-refractivity contribution >= 4 is 35.0 Å². The van der Waals surface area contributed by atoms with E-state index in [4.69, 9.17) is 30.5 Å². The van der Waals surface area contributed by atoms with Crippen molar-refractivity contribution in [2.75, 3.05) is 20.3 Å². The van der Waals surface area contributed by atoms with Gasteiger partial charge in [0.25, 0.3) is 5.56 Å². The van der Waals surface area contributed by atoms with Gasteiger partial charge in [0.05, 0.1) is 36.5 Å². The maximum absolute atomic E-state index is 14.2. The molecule has 4 aromatic rings. The van der Waals surface area contributed by atoms with Crippen LogP contribution < -0.4 is 29.1 Å². The topological polar surface area (TPSA) is 88.4 Å². The normalized spacial score (nSPS) is 14.4. The molecule has 222 valence electrons. The third-order valence-electron chi connectivity index (χ3n) is 6.61. The first kappa shape index (κ1) is 30.1. The Bertz CT molecular complexity index is 1880. The van der Waals surface area contributed by atoms with Gasteiger partial charge in [0.15, 0.2) is 16.3 Å². The van der Waals surface area contributed by atoms with Crippen LogP contribution in [-0.2, 0) is 16.1 Å². The fraction of sp³-hybridized carbons (Fsp3) is 0.219. The Labute approximate surface area is 255 Å². The Kier molecular flexibility index (Phi) is 9.27. The lowest BCUT2D eigenvalue weighted by molar-refractivity contribution is -0.136. The molecule has 0 fully saturated rings. The van der Waals surface area contributed by atoms with Crippen LogP contribution in [0.4, 0.5) is 4.39 Å². The summed E-state index contributed by atoms with van der Waals surface area (Å²) >= 11 is 7.45. The molecule has 8 nitrogen and oxygen atoms in total. The SMILES string of the molecule is CCOc1ccc([C@H]2C(C(=O)OC)=CN=c3s/c(=C/c4cc(Cl)ccc4OCc4ccccc4F)c(=O)n32)cc1OCC. The van der Waals surface area contributed by atoms with Crippen LogP contribution in [0.1, 0.15) is 36.6 Å². The second-order valence-corrected chi connectivity index (χ2v) is 10.8. The predicted molar refractivity (Wildman–Crippen MR) is 162 cm³/mol. The summed E-state index contributed by atoms with van der Waals surface area (Å²) in [6.45, 7) is 4.55. The van der Waals surface area contributed by atoms with Crippen molar-refractivity contribution in [2.45, 2.75) is 26.5 Å². The number of hydrogen-bond acceptors (Lipinski definition) is 8. The minimum atomic E-state index is -0.836. The van der Waals surface area contributed by atoms with Gasteiger partial charge in [-0.2, -0.15) is 0 Å². The maximum atomic E-state index is 14.2. The number of esters is 1. The fourth-order valence-electron chi connectivity index (χ4n) is 4.66. The fourth-order valence-corrected chi connectivity index (χ4v) is 5.80. The summed E-state index contributed by atoms with van der Waals surface area (Å²) in [5, 5.41) is 0.431. The highest BCUT2D eigenvalue weighted by atomic mass is 35.5. The summed E-state index contributed by atoms with van der Waals surface area (Å²) in [4.78, 5) is 31.6. The van der Waals surface area contributed by atoms with E-state index in [1.807, 2.05) is 13.8 Å². The summed E-state index contributed by atoms with van der Waals surface area (Å²) in [5.74, 6) is 0.454. The molecule has 1 aromatic heterocycles. The number of rotatable bonds is 10. The summed E-state index contributed by atoms with van der Waals surface area (Å²) < 4.78 is 38.5. The predicted octanol–water partition coefficient (Wildman–Crippen LogP) is 5.19. The molecule has 0 bridgehead atoms. The summed E-state index contributed by atoms with van der Waals surface area (Å²) in [5.41, 5.74) is 1.33. The highest BCUT2D eigenvalue weighted by Crippen LogP contribution is 2.35. The zero-order valence-electron chi connectivity index (χ0n) is 23.6. The second-order valence-electron chi connectivity index (χ2n) is 9.31. The van der Waals surface area contributed by atoms with Crippen molar-refractivity contribution in [1.29, 1.82) is 0 Å². The molecule has 43 heavy (non-hydrogen) atoms. The first-order chi connectivity index (χ1) is 20.8. The second kappa shape index (κ2) is 13.3. The number of nitrogens with zero attached hydrogens (tertiary/aromatic N) is 2. The van der Waals surface area contributed by atoms with E-state index in [1.165, 1.54) is 23.9 Å². The average Bonchev–Trinajstić information content (AvgIpc) is 3.32. The molecule has 0 spiro atoms. The Balaban J connectivity index is 1.61. The number of ether oxygens (including phenoxy) is 4. The van der Waals surface area contributed by atoms with E-state index in [1.54, 1.807) is 60.7 Å². The van der Waals surface area contributed by atoms with Crippen LogP contribution in [0.3, 0.4) is 0 Å². The molecule has 0 N–H and O–H groups in total. The third kappa shape index (κ3) is 6.35. The van der Waals surface area contributed by atoms with Gasteiger partial charge < -0.3 is 18.9 Å². The molecule has 1 aliphatic heterocycles. The molecular weight excluding hydrogens is 595 g/mol. The van der Waals surface area contributed by atoms with Gasteiger partial charge in [-0.3, -0.25) is 9.36 Å². The molecule has 2 heterocycles. The van der Waals surface area contributed by atoms with Crippen LogP contribution in [0, 0.1) is 5.82 Å². The summed E-state index contributed by atoms with van der Waals surface area (Å²) in [6, 6.07) is 15.8. The van der Waals surface area contributed by atoms with Gasteiger partial charge in [0, 0.05) is 22.3 Å². The third-order valence-corrected chi connectivity index (χ3v) is 7.84. The monoisotopic (exact) mass is 622 g/mol. The molecule has 5 rings (SSSR count). The summed E-state index contributed by atoms with van der Waals surface area (Å²) in [6.07, 6.45) is 3.07. The van der Waals surface area contributed by atoms with E-state index in [2.05, 4.69) is 4.99 Å². The Morgan fingerprint density at radius 3 is 2.51 bits per heavy atom. The van der Waals surface area contributed by atoms with Gasteiger partial charge in [-0.1, -0.05) is 47.2 Å². The summed E-state index contributed by atoms with van der Waals surface area (Å²) in [7, 11) is 1.27. The van der Waals surface area contributed by atoms with Crippen molar-refractivity contribution in [3.8, 4) is 17.2 Å². The standard InChI is InChI=1S/C32H28ClFN2O6S/c1-4-40-26-12-10-19(15-27(26)41-5-2)29-23(31(38)39-3)17-35-32-36(29)30(37)28(43-32)16-21-14-22(33)11-13-25(21)42-18-20-8-6-7-9-24(20)34/h6-17,29H,4-5,18H2,1-3H3/b28-16+/t29-/m0/s1. The van der Waals surface area contributed by atoms with Crippen LogP contribution >= 0.6 is 22.9 Å². The zero-order valence-corrected chi connectivity index (χ0v) is 25.2. The number of benzene rings is 3. The van der Waals surface area contributed by atoms with E-state index in [-0.39, 0.29) is 23.6 Å². The quantitative estimate of drug-likeness (QED) is 0.226. The van der Waals surface area contributed by atoms with Gasteiger partial charge >= 0.3 is 5.97 Å². The van der Waals surface area contributed by atoms with E-state index >= 15 is 0 Å². The lowest BCUT2D eigenvalue weighted by Crippen LogP contribution is -2.39. The van der Waals surface area contributed by atoms with Crippen molar-refractivity contribution in [3.63, 3.8) is 0 Å². The number of carbonyl (C=O) groups excluding carboxylic acids is 1. The van der Waals surface area contributed by atoms with Gasteiger partial charge in [-0.25, -0.2) is 14.2 Å². The van der Waals surface area contributed by atoms with Crippen molar-refractivity contribution in [3.05, 3.63) is 120 Å². The number of fused-ring (bicyclic) bond motifs is 1. The number of carbonyl (C=O) groups is 1. The van der Waals surface area contributed by atoms with Crippen LogP contribution in [0.25, 0.3) is 6.08 Å². The Hall–Kier alpha value is -4.41. The Morgan fingerprint density at radius 1 is 1.02 bits per heavy atom. The lowest BCUT2D eigenvalue weighted by Gasteiger charge is -2.23. The number of aromatic nitrogens is 1. The number of methoxy groups -OCH3 is 1. The maximum Gasteiger partial charge on any atom is 0.337 e. The molecule has 0 saturated heterocycles. The van der Waals surface area contributed by atoms with E-state index < -0.39 is 12.0 Å². The molecule has 11 heteroatoms. The average molecular weight is 623 g/mol. The molecule has 3 aromatic carbocycles.